The molecule has 4 nitrogen and oxygen atoms in total. The Morgan fingerprint density at radius 2 is 1.83 bits per heavy atom. The van der Waals surface area contributed by atoms with Gasteiger partial charge in [0.2, 0.25) is 0 Å². The number of carboxylic acid groups (broad SMARTS) is 1. The average molecular weight is 336 g/mol. The van der Waals surface area contributed by atoms with Gasteiger partial charge in [-0.15, -0.1) is 0 Å². The molecule has 2 bridgehead atoms. The number of hydrogen-bond acceptors (Lipinski definition) is 3. The number of carbonyl (C=O) groups is 1. The monoisotopic (exact) mass is 336 g/mol. The van der Waals surface area contributed by atoms with E-state index in [9.17, 15) is 20.1 Å². The number of carboxylic acids is 1. The minimum Gasteiger partial charge on any atom is -0.481 e. The van der Waals surface area contributed by atoms with Crippen LogP contribution in [0.2, 0.25) is 0 Å². The molecule has 8 unspecified atom stereocenters. The van der Waals surface area contributed by atoms with Crippen molar-refractivity contribution in [2.24, 2.45) is 39.9 Å². The van der Waals surface area contributed by atoms with Crippen molar-refractivity contribution >= 4 is 5.97 Å². The van der Waals surface area contributed by atoms with Crippen LogP contribution < -0.4 is 0 Å². The summed E-state index contributed by atoms with van der Waals surface area (Å²) in [6.07, 6.45) is 7.52. The predicted octanol–water partition coefficient (Wildman–Crippen LogP) is 3.06. The van der Waals surface area contributed by atoms with E-state index < -0.39 is 17.5 Å². The highest BCUT2D eigenvalue weighted by atomic mass is 16.4. The van der Waals surface area contributed by atoms with Crippen LogP contribution in [-0.4, -0.2) is 34.0 Å². The van der Waals surface area contributed by atoms with Crippen LogP contribution in [-0.2, 0) is 4.79 Å². The van der Waals surface area contributed by atoms with Crippen LogP contribution in [0.5, 0.6) is 0 Å². The first-order chi connectivity index (χ1) is 11.3. The van der Waals surface area contributed by atoms with Crippen LogP contribution in [0, 0.1) is 39.9 Å². The third-order valence-corrected chi connectivity index (χ3v) is 9.13. The van der Waals surface area contributed by atoms with E-state index in [1.807, 2.05) is 6.92 Å². The number of rotatable bonds is 2. The van der Waals surface area contributed by atoms with E-state index in [0.717, 1.165) is 51.4 Å². The maximum absolute atomic E-state index is 12.1. The van der Waals surface area contributed by atoms with Gasteiger partial charge in [-0.2, -0.15) is 0 Å². The second-order valence-corrected chi connectivity index (χ2v) is 9.79. The molecule has 136 valence electrons. The average Bonchev–Trinajstić information content (AvgIpc) is 2.73. The number of fused-ring (bicyclic) bond motifs is 3. The normalized spacial score (nSPS) is 56.4. The van der Waals surface area contributed by atoms with Gasteiger partial charge in [0.15, 0.2) is 0 Å². The first-order valence-corrected chi connectivity index (χ1v) is 9.82. The Morgan fingerprint density at radius 1 is 1.08 bits per heavy atom. The second-order valence-electron chi connectivity index (χ2n) is 9.79. The molecule has 4 fully saturated rings. The maximum atomic E-state index is 12.1. The summed E-state index contributed by atoms with van der Waals surface area (Å²) in [5.41, 5.74) is -0.677. The minimum absolute atomic E-state index is 0.0138. The zero-order valence-corrected chi connectivity index (χ0v) is 15.0. The van der Waals surface area contributed by atoms with E-state index in [0.29, 0.717) is 11.8 Å². The van der Waals surface area contributed by atoms with Gasteiger partial charge in [-0.05, 0) is 75.0 Å². The molecule has 0 saturated heterocycles. The van der Waals surface area contributed by atoms with E-state index >= 15 is 0 Å². The Hall–Kier alpha value is -0.610. The molecule has 4 aliphatic carbocycles. The third-order valence-electron chi connectivity index (χ3n) is 9.13. The van der Waals surface area contributed by atoms with Crippen molar-refractivity contribution in [1.82, 2.24) is 0 Å². The molecule has 1 spiro atoms. The molecule has 0 heterocycles. The van der Waals surface area contributed by atoms with Gasteiger partial charge in [-0.3, -0.25) is 4.79 Å². The molecule has 24 heavy (non-hydrogen) atoms. The summed E-state index contributed by atoms with van der Waals surface area (Å²) in [5, 5.41) is 30.8. The molecular weight excluding hydrogens is 304 g/mol. The molecule has 4 saturated carbocycles. The molecule has 0 aliphatic heterocycles. The SMILES string of the molecule is CC1(C(=O)O)CCCC2(C)C1CCC13CC(CCC21)C(CO)C3O. The second kappa shape index (κ2) is 5.20. The van der Waals surface area contributed by atoms with Crippen LogP contribution >= 0.6 is 0 Å². The highest BCUT2D eigenvalue weighted by molar-refractivity contribution is 5.75. The van der Waals surface area contributed by atoms with Crippen LogP contribution in [0.4, 0.5) is 0 Å². The van der Waals surface area contributed by atoms with Crippen LogP contribution in [0.3, 0.4) is 0 Å². The molecular formula is C20H32O4. The summed E-state index contributed by atoms with van der Waals surface area (Å²) in [4.78, 5) is 12.1. The van der Waals surface area contributed by atoms with Crippen molar-refractivity contribution in [3.8, 4) is 0 Å². The number of aliphatic carboxylic acids is 1. The summed E-state index contributed by atoms with van der Waals surface area (Å²) < 4.78 is 0. The topological polar surface area (TPSA) is 77.8 Å². The lowest BCUT2D eigenvalue weighted by Gasteiger charge is -2.63. The summed E-state index contributed by atoms with van der Waals surface area (Å²) in [7, 11) is 0. The number of hydrogen-bond donors (Lipinski definition) is 3. The quantitative estimate of drug-likeness (QED) is 0.724. The Morgan fingerprint density at radius 3 is 2.50 bits per heavy atom. The molecule has 0 aromatic rings. The first-order valence-electron chi connectivity index (χ1n) is 9.82. The lowest BCUT2D eigenvalue weighted by atomic mass is 9.40. The summed E-state index contributed by atoms with van der Waals surface area (Å²) in [5.74, 6) is 0.470. The Balaban J connectivity index is 1.75. The molecule has 0 amide bonds. The fourth-order valence-electron chi connectivity index (χ4n) is 8.08. The molecule has 4 heteroatoms. The largest absolute Gasteiger partial charge is 0.481 e. The van der Waals surface area contributed by atoms with Crippen molar-refractivity contribution in [3.05, 3.63) is 0 Å². The Labute approximate surface area is 144 Å². The summed E-state index contributed by atoms with van der Waals surface area (Å²) >= 11 is 0. The highest BCUT2D eigenvalue weighted by Gasteiger charge is 2.68. The van der Waals surface area contributed by atoms with Crippen molar-refractivity contribution in [3.63, 3.8) is 0 Å². The minimum atomic E-state index is -0.636. The molecule has 0 aromatic heterocycles. The van der Waals surface area contributed by atoms with Gasteiger partial charge in [0.05, 0.1) is 11.5 Å². The fraction of sp³-hybridized carbons (Fsp3) is 0.950. The van der Waals surface area contributed by atoms with Gasteiger partial charge < -0.3 is 15.3 Å². The van der Waals surface area contributed by atoms with Crippen LogP contribution in [0.25, 0.3) is 0 Å². The highest BCUT2D eigenvalue weighted by Crippen LogP contribution is 2.72. The van der Waals surface area contributed by atoms with Crippen LogP contribution in [0.1, 0.15) is 65.2 Å². The summed E-state index contributed by atoms with van der Waals surface area (Å²) in [6, 6.07) is 0. The van der Waals surface area contributed by atoms with Gasteiger partial charge >= 0.3 is 5.97 Å². The number of aliphatic hydroxyl groups excluding tert-OH is 2. The van der Waals surface area contributed by atoms with E-state index in [1.165, 1.54) is 0 Å². The fourth-order valence-corrected chi connectivity index (χ4v) is 8.08. The molecule has 4 rings (SSSR count). The molecule has 0 aromatic carbocycles. The van der Waals surface area contributed by atoms with Crippen molar-refractivity contribution in [2.75, 3.05) is 6.61 Å². The maximum Gasteiger partial charge on any atom is 0.309 e. The molecule has 0 radical (unpaired) electrons. The van der Waals surface area contributed by atoms with Gasteiger partial charge in [0.25, 0.3) is 0 Å². The van der Waals surface area contributed by atoms with Gasteiger partial charge in [0.1, 0.15) is 0 Å². The van der Waals surface area contributed by atoms with Crippen molar-refractivity contribution < 1.29 is 20.1 Å². The number of aliphatic hydroxyl groups is 2. The zero-order chi connectivity index (χ0) is 17.3. The van der Waals surface area contributed by atoms with E-state index in [2.05, 4.69) is 6.92 Å². The smallest absolute Gasteiger partial charge is 0.309 e. The van der Waals surface area contributed by atoms with Crippen LogP contribution in [0.15, 0.2) is 0 Å². The third kappa shape index (κ3) is 1.85. The van der Waals surface area contributed by atoms with Gasteiger partial charge in [0, 0.05) is 17.9 Å². The predicted molar refractivity (Wildman–Crippen MR) is 90.3 cm³/mol. The zero-order valence-electron chi connectivity index (χ0n) is 15.0. The lowest BCUT2D eigenvalue weighted by Crippen LogP contribution is -2.60. The standard InChI is InChI=1S/C20H32O4/c1-18-7-3-8-19(2,17(23)24)14(18)6-9-20-10-12(4-5-15(18)20)13(11-21)16(20)22/h12-16,21-22H,3-11H2,1-2H3,(H,23,24). The Kier molecular flexibility index (Phi) is 3.65. The van der Waals surface area contributed by atoms with E-state index in [-0.39, 0.29) is 29.3 Å². The molecule has 8 atom stereocenters. The van der Waals surface area contributed by atoms with E-state index in [4.69, 9.17) is 0 Å². The van der Waals surface area contributed by atoms with Gasteiger partial charge in [-0.25, -0.2) is 0 Å². The first kappa shape index (κ1) is 16.8. The molecule has 4 aliphatic rings. The van der Waals surface area contributed by atoms with E-state index in [1.54, 1.807) is 0 Å². The van der Waals surface area contributed by atoms with Crippen molar-refractivity contribution in [1.29, 1.82) is 0 Å². The van der Waals surface area contributed by atoms with Gasteiger partial charge in [-0.1, -0.05) is 13.3 Å². The molecule has 3 N–H and O–H groups in total. The lowest BCUT2D eigenvalue weighted by molar-refractivity contribution is -0.192. The summed E-state index contributed by atoms with van der Waals surface area (Å²) in [6.45, 7) is 4.37. The van der Waals surface area contributed by atoms with Crippen molar-refractivity contribution in [2.45, 2.75) is 71.3 Å². The Bertz CT molecular complexity index is 548.